The summed E-state index contributed by atoms with van der Waals surface area (Å²) in [6, 6.07) is 8.69. The van der Waals surface area contributed by atoms with Crippen LogP contribution in [0.1, 0.15) is 57.1 Å². The summed E-state index contributed by atoms with van der Waals surface area (Å²) in [7, 11) is 0. The highest BCUT2D eigenvalue weighted by Crippen LogP contribution is 2.21. The van der Waals surface area contributed by atoms with Crippen LogP contribution in [0.15, 0.2) is 30.3 Å². The minimum Gasteiger partial charge on any atom is -0.369 e. The molecule has 1 unspecified atom stereocenters. The van der Waals surface area contributed by atoms with Gasteiger partial charge in [0.15, 0.2) is 0 Å². The summed E-state index contributed by atoms with van der Waals surface area (Å²) < 4.78 is 0. The SMILES string of the molecule is CCCCCCCCN(CC(N)=O)C(C(N)=O)c1ccccc1. The van der Waals surface area contributed by atoms with Gasteiger partial charge in [-0.25, -0.2) is 0 Å². The monoisotopic (exact) mass is 319 g/mol. The van der Waals surface area contributed by atoms with Crippen LogP contribution in [0.25, 0.3) is 0 Å². The van der Waals surface area contributed by atoms with E-state index in [2.05, 4.69) is 6.92 Å². The van der Waals surface area contributed by atoms with E-state index in [0.29, 0.717) is 6.54 Å². The maximum absolute atomic E-state index is 11.9. The zero-order valence-electron chi connectivity index (χ0n) is 14.0. The number of hydrogen-bond acceptors (Lipinski definition) is 3. The van der Waals surface area contributed by atoms with E-state index >= 15 is 0 Å². The van der Waals surface area contributed by atoms with Gasteiger partial charge in [-0.1, -0.05) is 69.4 Å². The number of carbonyl (C=O) groups is 2. The quantitative estimate of drug-likeness (QED) is 0.580. The number of primary amides is 2. The first-order valence-electron chi connectivity index (χ1n) is 8.42. The predicted octanol–water partition coefficient (Wildman–Crippen LogP) is 2.36. The molecule has 5 nitrogen and oxygen atoms in total. The van der Waals surface area contributed by atoms with Crippen molar-refractivity contribution in [3.05, 3.63) is 35.9 Å². The van der Waals surface area contributed by atoms with E-state index in [-0.39, 0.29) is 6.54 Å². The first-order valence-corrected chi connectivity index (χ1v) is 8.42. The highest BCUT2D eigenvalue weighted by atomic mass is 16.2. The third kappa shape index (κ3) is 7.28. The molecule has 0 aliphatic heterocycles. The second-order valence-electron chi connectivity index (χ2n) is 5.92. The molecule has 0 aromatic heterocycles. The van der Waals surface area contributed by atoms with Gasteiger partial charge in [-0.3, -0.25) is 14.5 Å². The highest BCUT2D eigenvalue weighted by Gasteiger charge is 2.26. The van der Waals surface area contributed by atoms with Crippen molar-refractivity contribution >= 4 is 11.8 Å². The van der Waals surface area contributed by atoms with E-state index in [1.165, 1.54) is 25.7 Å². The number of nitrogens with zero attached hydrogens (tertiary/aromatic N) is 1. The molecule has 1 aromatic rings. The first kappa shape index (κ1) is 19.2. The van der Waals surface area contributed by atoms with Crippen molar-refractivity contribution < 1.29 is 9.59 Å². The molecule has 0 bridgehead atoms. The zero-order chi connectivity index (χ0) is 17.1. The molecule has 0 spiro atoms. The summed E-state index contributed by atoms with van der Waals surface area (Å²) in [6.45, 7) is 2.86. The minimum absolute atomic E-state index is 0.0391. The number of amides is 2. The van der Waals surface area contributed by atoms with E-state index in [9.17, 15) is 9.59 Å². The molecule has 128 valence electrons. The van der Waals surface area contributed by atoms with E-state index in [1.807, 2.05) is 30.3 Å². The molecule has 1 atom stereocenters. The number of benzene rings is 1. The lowest BCUT2D eigenvalue weighted by Crippen LogP contribution is -2.43. The lowest BCUT2D eigenvalue weighted by molar-refractivity contribution is -0.125. The van der Waals surface area contributed by atoms with Gasteiger partial charge in [-0.15, -0.1) is 0 Å². The molecule has 23 heavy (non-hydrogen) atoms. The van der Waals surface area contributed by atoms with Crippen LogP contribution in [-0.2, 0) is 9.59 Å². The maximum atomic E-state index is 11.9. The second-order valence-corrected chi connectivity index (χ2v) is 5.92. The second kappa shape index (κ2) is 10.8. The lowest BCUT2D eigenvalue weighted by Gasteiger charge is -2.28. The van der Waals surface area contributed by atoms with Gasteiger partial charge in [0.1, 0.15) is 6.04 Å². The Morgan fingerprint density at radius 3 is 2.17 bits per heavy atom. The summed E-state index contributed by atoms with van der Waals surface area (Å²) >= 11 is 0. The number of hydrogen-bond donors (Lipinski definition) is 2. The molecule has 1 rings (SSSR count). The molecule has 0 heterocycles. The Hall–Kier alpha value is -1.88. The van der Waals surface area contributed by atoms with Gasteiger partial charge >= 0.3 is 0 Å². The molecule has 0 saturated carbocycles. The van der Waals surface area contributed by atoms with Crippen molar-refractivity contribution in [3.63, 3.8) is 0 Å². The number of unbranched alkanes of at least 4 members (excludes halogenated alkanes) is 5. The van der Waals surface area contributed by atoms with Gasteiger partial charge in [-0.2, -0.15) is 0 Å². The largest absolute Gasteiger partial charge is 0.369 e. The Bertz CT molecular complexity index is 476. The average molecular weight is 319 g/mol. The van der Waals surface area contributed by atoms with E-state index in [1.54, 1.807) is 4.90 Å². The normalized spacial score (nSPS) is 12.3. The van der Waals surface area contributed by atoms with Crippen molar-refractivity contribution in [2.75, 3.05) is 13.1 Å². The van der Waals surface area contributed by atoms with Crippen molar-refractivity contribution in [1.29, 1.82) is 0 Å². The molecule has 4 N–H and O–H groups in total. The van der Waals surface area contributed by atoms with Crippen LogP contribution in [0, 0.1) is 0 Å². The molecule has 1 aromatic carbocycles. The highest BCUT2D eigenvalue weighted by molar-refractivity contribution is 5.83. The van der Waals surface area contributed by atoms with Crippen LogP contribution in [0.3, 0.4) is 0 Å². The molecular weight excluding hydrogens is 290 g/mol. The summed E-state index contributed by atoms with van der Waals surface area (Å²) in [5.41, 5.74) is 11.7. The van der Waals surface area contributed by atoms with Crippen molar-refractivity contribution in [1.82, 2.24) is 4.90 Å². The van der Waals surface area contributed by atoms with Gasteiger partial charge in [0.05, 0.1) is 6.54 Å². The summed E-state index contributed by atoms with van der Waals surface area (Å²) in [4.78, 5) is 25.1. The fourth-order valence-electron chi connectivity index (χ4n) is 2.79. The Kier molecular flexibility index (Phi) is 8.98. The summed E-state index contributed by atoms with van der Waals surface area (Å²) in [5.74, 6) is -0.901. The standard InChI is InChI=1S/C18H29N3O2/c1-2-3-4-5-6-10-13-21(14-16(19)22)17(18(20)23)15-11-8-7-9-12-15/h7-9,11-12,17H,2-6,10,13-14H2,1H3,(H2,19,22)(H2,20,23). The molecule has 0 saturated heterocycles. The smallest absolute Gasteiger partial charge is 0.239 e. The third-order valence-electron chi connectivity index (χ3n) is 3.91. The van der Waals surface area contributed by atoms with Crippen LogP contribution in [-0.4, -0.2) is 29.8 Å². The van der Waals surface area contributed by atoms with Crippen LogP contribution < -0.4 is 11.5 Å². The number of nitrogens with two attached hydrogens (primary N) is 2. The summed E-state index contributed by atoms with van der Waals surface area (Å²) in [5, 5.41) is 0. The van der Waals surface area contributed by atoms with Crippen LogP contribution in [0.4, 0.5) is 0 Å². The van der Waals surface area contributed by atoms with Crippen LogP contribution in [0.2, 0.25) is 0 Å². The van der Waals surface area contributed by atoms with Crippen LogP contribution in [0.5, 0.6) is 0 Å². The summed E-state index contributed by atoms with van der Waals surface area (Å²) in [6.07, 6.45) is 6.86. The molecule has 0 radical (unpaired) electrons. The zero-order valence-corrected chi connectivity index (χ0v) is 14.0. The fourth-order valence-corrected chi connectivity index (χ4v) is 2.79. The van der Waals surface area contributed by atoms with Crippen molar-refractivity contribution in [2.45, 2.75) is 51.5 Å². The Balaban J connectivity index is 2.69. The minimum atomic E-state index is -0.612. The molecule has 0 aliphatic rings. The van der Waals surface area contributed by atoms with Crippen molar-refractivity contribution in [2.24, 2.45) is 11.5 Å². The topological polar surface area (TPSA) is 89.4 Å². The predicted molar refractivity (Wildman–Crippen MR) is 92.5 cm³/mol. The number of carbonyl (C=O) groups excluding carboxylic acids is 2. The van der Waals surface area contributed by atoms with Gasteiger partial charge in [-0.05, 0) is 18.5 Å². The third-order valence-corrected chi connectivity index (χ3v) is 3.91. The van der Waals surface area contributed by atoms with Gasteiger partial charge in [0, 0.05) is 0 Å². The van der Waals surface area contributed by atoms with E-state index < -0.39 is 17.9 Å². The Labute approximate surface area is 139 Å². The van der Waals surface area contributed by atoms with Crippen LogP contribution >= 0.6 is 0 Å². The molecule has 2 amide bonds. The number of rotatable bonds is 12. The molecule has 0 aliphatic carbocycles. The lowest BCUT2D eigenvalue weighted by atomic mass is 10.0. The molecule has 5 heteroatoms. The Morgan fingerprint density at radius 2 is 1.61 bits per heavy atom. The van der Waals surface area contributed by atoms with Crippen molar-refractivity contribution in [3.8, 4) is 0 Å². The Morgan fingerprint density at radius 1 is 1.00 bits per heavy atom. The average Bonchev–Trinajstić information content (AvgIpc) is 2.51. The van der Waals surface area contributed by atoms with E-state index in [0.717, 1.165) is 18.4 Å². The van der Waals surface area contributed by atoms with Gasteiger partial charge in [0.2, 0.25) is 11.8 Å². The molecule has 0 fully saturated rings. The van der Waals surface area contributed by atoms with Gasteiger partial charge in [0.25, 0.3) is 0 Å². The van der Waals surface area contributed by atoms with E-state index in [4.69, 9.17) is 11.5 Å². The molecular formula is C18H29N3O2. The maximum Gasteiger partial charge on any atom is 0.239 e. The first-order chi connectivity index (χ1) is 11.1. The fraction of sp³-hybridized carbons (Fsp3) is 0.556. The van der Waals surface area contributed by atoms with Gasteiger partial charge < -0.3 is 11.5 Å².